The van der Waals surface area contributed by atoms with E-state index in [1.807, 2.05) is 6.07 Å². The van der Waals surface area contributed by atoms with Gasteiger partial charge in [-0.05, 0) is 82.1 Å². The third-order valence-corrected chi connectivity index (χ3v) is 6.85. The van der Waals surface area contributed by atoms with Gasteiger partial charge in [-0.25, -0.2) is 0 Å². The van der Waals surface area contributed by atoms with E-state index in [4.69, 9.17) is 9.15 Å². The number of hydrogen-bond donors (Lipinski definition) is 0. The van der Waals surface area contributed by atoms with Crippen LogP contribution >= 0.6 is 0 Å². The van der Waals surface area contributed by atoms with Crippen LogP contribution in [0.15, 0.2) is 22.8 Å². The molecule has 2 aliphatic heterocycles. The molecule has 3 heterocycles. The molecule has 0 radical (unpaired) electrons. The first-order valence-electron chi connectivity index (χ1n) is 9.78. The highest BCUT2D eigenvalue weighted by Crippen LogP contribution is 2.51. The van der Waals surface area contributed by atoms with Crippen molar-refractivity contribution in [3.05, 3.63) is 24.2 Å². The van der Waals surface area contributed by atoms with Crippen LogP contribution in [0.2, 0.25) is 0 Å². The molecule has 24 heavy (non-hydrogen) atoms. The molecule has 3 fully saturated rings. The summed E-state index contributed by atoms with van der Waals surface area (Å²) in [4.78, 5) is 5.26. The molecular weight excluding hydrogens is 300 g/mol. The Hall–Kier alpha value is -0.840. The molecule has 0 bridgehead atoms. The second-order valence-electron chi connectivity index (χ2n) is 8.27. The predicted molar refractivity (Wildman–Crippen MR) is 94.8 cm³/mol. The Bertz CT molecular complexity index is 502. The fourth-order valence-corrected chi connectivity index (χ4v) is 5.19. The third-order valence-electron chi connectivity index (χ3n) is 6.85. The fourth-order valence-electron chi connectivity index (χ4n) is 5.19. The second-order valence-corrected chi connectivity index (χ2v) is 8.27. The van der Waals surface area contributed by atoms with Crippen molar-refractivity contribution in [2.45, 2.75) is 51.1 Å². The minimum Gasteiger partial charge on any atom is -0.468 e. The van der Waals surface area contributed by atoms with Gasteiger partial charge in [0.1, 0.15) is 5.76 Å². The van der Waals surface area contributed by atoms with E-state index in [1.54, 1.807) is 6.26 Å². The van der Waals surface area contributed by atoms with Gasteiger partial charge in [0.25, 0.3) is 0 Å². The average molecular weight is 332 g/mol. The fraction of sp³-hybridized carbons (Fsp3) is 0.800. The first-order valence-corrected chi connectivity index (χ1v) is 9.78. The second kappa shape index (κ2) is 7.19. The van der Waals surface area contributed by atoms with Crippen LogP contribution in [-0.4, -0.2) is 55.7 Å². The SMILES string of the molecule is CN(Cc1ccco1)[C@H]1CCC12CCN(CC1CCOCC1)CC2. The Morgan fingerprint density at radius 1 is 1.17 bits per heavy atom. The van der Waals surface area contributed by atoms with Gasteiger partial charge in [0, 0.05) is 25.8 Å². The highest BCUT2D eigenvalue weighted by atomic mass is 16.5. The lowest BCUT2D eigenvalue weighted by atomic mass is 9.58. The lowest BCUT2D eigenvalue weighted by molar-refractivity contribution is -0.0674. The van der Waals surface area contributed by atoms with Gasteiger partial charge in [0.2, 0.25) is 0 Å². The van der Waals surface area contributed by atoms with E-state index in [0.29, 0.717) is 5.41 Å². The molecule has 4 heteroatoms. The molecule has 1 aromatic rings. The molecule has 0 N–H and O–H groups in total. The van der Waals surface area contributed by atoms with Crippen molar-refractivity contribution < 1.29 is 9.15 Å². The van der Waals surface area contributed by atoms with Crippen LogP contribution in [0, 0.1) is 11.3 Å². The highest BCUT2D eigenvalue weighted by molar-refractivity contribution is 5.05. The maximum absolute atomic E-state index is 5.54. The van der Waals surface area contributed by atoms with E-state index in [0.717, 1.165) is 37.5 Å². The Balaban J connectivity index is 1.27. The molecule has 1 aliphatic carbocycles. The van der Waals surface area contributed by atoms with Crippen LogP contribution in [0.3, 0.4) is 0 Å². The Kier molecular flexibility index (Phi) is 4.98. The summed E-state index contributed by atoms with van der Waals surface area (Å²) >= 11 is 0. The van der Waals surface area contributed by atoms with Crippen molar-refractivity contribution >= 4 is 0 Å². The third kappa shape index (κ3) is 3.42. The quantitative estimate of drug-likeness (QED) is 0.826. The average Bonchev–Trinajstić information content (AvgIpc) is 3.08. The number of rotatable bonds is 5. The molecule has 0 aromatic carbocycles. The summed E-state index contributed by atoms with van der Waals surface area (Å²) in [6, 6.07) is 4.83. The number of nitrogens with zero attached hydrogens (tertiary/aromatic N) is 2. The van der Waals surface area contributed by atoms with E-state index in [-0.39, 0.29) is 0 Å². The summed E-state index contributed by atoms with van der Waals surface area (Å²) in [5, 5.41) is 0. The van der Waals surface area contributed by atoms with E-state index < -0.39 is 0 Å². The van der Waals surface area contributed by atoms with Gasteiger partial charge in [-0.1, -0.05) is 0 Å². The van der Waals surface area contributed by atoms with E-state index in [2.05, 4.69) is 22.9 Å². The van der Waals surface area contributed by atoms with Gasteiger partial charge in [-0.2, -0.15) is 0 Å². The molecule has 4 rings (SSSR count). The Morgan fingerprint density at radius 3 is 2.58 bits per heavy atom. The summed E-state index contributed by atoms with van der Waals surface area (Å²) in [5.74, 6) is 1.96. The zero-order valence-corrected chi connectivity index (χ0v) is 15.1. The van der Waals surface area contributed by atoms with Crippen molar-refractivity contribution in [2.75, 3.05) is 39.9 Å². The predicted octanol–water partition coefficient (Wildman–Crippen LogP) is 3.38. The van der Waals surface area contributed by atoms with Gasteiger partial charge >= 0.3 is 0 Å². The van der Waals surface area contributed by atoms with Crippen LogP contribution in [-0.2, 0) is 11.3 Å². The van der Waals surface area contributed by atoms with E-state index in [1.165, 1.54) is 58.2 Å². The lowest BCUT2D eigenvalue weighted by Gasteiger charge is -2.57. The molecule has 3 aliphatic rings. The molecule has 1 atom stereocenters. The number of hydrogen-bond acceptors (Lipinski definition) is 4. The van der Waals surface area contributed by atoms with Crippen LogP contribution in [0.25, 0.3) is 0 Å². The molecule has 1 saturated carbocycles. The zero-order valence-electron chi connectivity index (χ0n) is 15.1. The number of ether oxygens (including phenoxy) is 1. The Morgan fingerprint density at radius 2 is 1.96 bits per heavy atom. The monoisotopic (exact) mass is 332 g/mol. The van der Waals surface area contributed by atoms with Gasteiger partial charge in [0.05, 0.1) is 12.8 Å². The standard InChI is InChI=1S/C20H32N2O2/c1-21(16-18-3-2-12-24-18)19-4-7-20(19)8-10-22(11-9-20)15-17-5-13-23-14-6-17/h2-3,12,17,19H,4-11,13-16H2,1H3/t19-/m0/s1. The summed E-state index contributed by atoms with van der Waals surface area (Å²) < 4.78 is 11.0. The summed E-state index contributed by atoms with van der Waals surface area (Å²) in [6.45, 7) is 6.78. The number of piperidine rings is 1. The van der Waals surface area contributed by atoms with Gasteiger partial charge in [-0.3, -0.25) is 4.90 Å². The lowest BCUT2D eigenvalue weighted by Crippen LogP contribution is -2.58. The molecule has 4 nitrogen and oxygen atoms in total. The molecule has 1 aromatic heterocycles. The maximum atomic E-state index is 5.54. The van der Waals surface area contributed by atoms with Gasteiger partial charge in [-0.15, -0.1) is 0 Å². The zero-order chi connectivity index (χ0) is 16.4. The van der Waals surface area contributed by atoms with E-state index in [9.17, 15) is 0 Å². The van der Waals surface area contributed by atoms with E-state index >= 15 is 0 Å². The largest absolute Gasteiger partial charge is 0.468 e. The van der Waals surface area contributed by atoms with Gasteiger partial charge in [0.15, 0.2) is 0 Å². The smallest absolute Gasteiger partial charge is 0.117 e. The number of furan rings is 1. The molecule has 2 saturated heterocycles. The van der Waals surface area contributed by atoms with Crippen LogP contribution in [0.4, 0.5) is 0 Å². The van der Waals surface area contributed by atoms with Crippen molar-refractivity contribution in [1.29, 1.82) is 0 Å². The topological polar surface area (TPSA) is 28.9 Å². The molecule has 1 spiro atoms. The van der Waals surface area contributed by atoms with Crippen molar-refractivity contribution in [2.24, 2.45) is 11.3 Å². The van der Waals surface area contributed by atoms with Gasteiger partial charge < -0.3 is 14.1 Å². The van der Waals surface area contributed by atoms with Crippen molar-refractivity contribution in [3.63, 3.8) is 0 Å². The van der Waals surface area contributed by atoms with Crippen molar-refractivity contribution in [3.8, 4) is 0 Å². The normalized spacial score (nSPS) is 28.3. The minimum atomic E-state index is 0.577. The summed E-state index contributed by atoms with van der Waals surface area (Å²) in [7, 11) is 2.28. The van der Waals surface area contributed by atoms with Crippen LogP contribution in [0.1, 0.15) is 44.3 Å². The molecular formula is C20H32N2O2. The molecule has 134 valence electrons. The maximum Gasteiger partial charge on any atom is 0.117 e. The van der Waals surface area contributed by atoms with Crippen molar-refractivity contribution in [1.82, 2.24) is 9.80 Å². The summed E-state index contributed by atoms with van der Waals surface area (Å²) in [5.41, 5.74) is 0.577. The molecule has 0 unspecified atom stereocenters. The Labute approximate surface area is 146 Å². The summed E-state index contributed by atoms with van der Waals surface area (Å²) in [6.07, 6.45) is 9.84. The minimum absolute atomic E-state index is 0.577. The van der Waals surface area contributed by atoms with Crippen LogP contribution < -0.4 is 0 Å². The number of likely N-dealkylation sites (tertiary alicyclic amines) is 1. The van der Waals surface area contributed by atoms with Crippen LogP contribution in [0.5, 0.6) is 0 Å². The first-order chi connectivity index (χ1) is 11.8. The highest BCUT2D eigenvalue weighted by Gasteiger charge is 2.49. The first kappa shape index (κ1) is 16.6. The molecule has 0 amide bonds.